The summed E-state index contributed by atoms with van der Waals surface area (Å²) in [5.41, 5.74) is 0. The molecule has 0 aromatic heterocycles. The Labute approximate surface area is 110 Å². The number of likely N-dealkylation sites (tertiary alicyclic amines) is 1. The Kier molecular flexibility index (Phi) is 5.17. The lowest BCUT2D eigenvalue weighted by molar-refractivity contribution is -0.130. The number of Topliss-reactive ketones (excluding diaryl/α,β-unsaturated/α-hetero) is 1. The fourth-order valence-electron chi connectivity index (χ4n) is 2.68. The number of hydrogen-bond acceptors (Lipinski definition) is 3. The third-order valence-electron chi connectivity index (χ3n) is 3.71. The highest BCUT2D eigenvalue weighted by atomic mass is 16.6. The third kappa shape index (κ3) is 3.03. The van der Waals surface area contributed by atoms with E-state index in [0.29, 0.717) is 6.42 Å². The number of piperidine rings is 1. The molecule has 0 aromatic rings. The van der Waals surface area contributed by atoms with Crippen LogP contribution in [0.3, 0.4) is 0 Å². The number of amides is 1. The maximum atomic E-state index is 12.2. The second-order valence-corrected chi connectivity index (χ2v) is 5.34. The zero-order valence-electron chi connectivity index (χ0n) is 12.1. The lowest BCUT2D eigenvalue weighted by atomic mass is 9.83. The number of carbonyl (C=O) groups excluding carboxylic acids is 2. The maximum absolute atomic E-state index is 12.2. The molecule has 0 unspecified atom stereocenters. The largest absolute Gasteiger partial charge is 0.447 e. The summed E-state index contributed by atoms with van der Waals surface area (Å²) in [7, 11) is 0. The molecule has 0 saturated carbocycles. The molecule has 1 aliphatic heterocycles. The van der Waals surface area contributed by atoms with E-state index in [-0.39, 0.29) is 36.0 Å². The van der Waals surface area contributed by atoms with Crippen LogP contribution in [0.5, 0.6) is 0 Å². The summed E-state index contributed by atoms with van der Waals surface area (Å²) >= 11 is 0. The molecule has 0 aliphatic carbocycles. The van der Waals surface area contributed by atoms with Gasteiger partial charge in [0.15, 0.2) is 0 Å². The summed E-state index contributed by atoms with van der Waals surface area (Å²) in [5.74, 6) is 0.180. The van der Waals surface area contributed by atoms with Gasteiger partial charge in [-0.3, -0.25) is 4.79 Å². The van der Waals surface area contributed by atoms with Crippen molar-refractivity contribution in [3.8, 4) is 0 Å². The first-order valence-corrected chi connectivity index (χ1v) is 6.93. The molecule has 4 nitrogen and oxygen atoms in total. The van der Waals surface area contributed by atoms with Crippen LogP contribution in [0.15, 0.2) is 0 Å². The van der Waals surface area contributed by atoms with Crippen LogP contribution in [0.2, 0.25) is 0 Å². The smallest absolute Gasteiger partial charge is 0.410 e. The third-order valence-corrected chi connectivity index (χ3v) is 3.71. The van der Waals surface area contributed by atoms with Gasteiger partial charge < -0.3 is 9.64 Å². The lowest BCUT2D eigenvalue weighted by Crippen LogP contribution is -2.56. The average molecular weight is 255 g/mol. The normalized spacial score (nSPS) is 28.7. The molecule has 4 heteroatoms. The average Bonchev–Trinajstić information content (AvgIpc) is 2.30. The van der Waals surface area contributed by atoms with Crippen LogP contribution in [-0.2, 0) is 9.53 Å². The minimum atomic E-state index is -0.275. The van der Waals surface area contributed by atoms with Gasteiger partial charge in [-0.25, -0.2) is 4.79 Å². The number of nitrogens with zero attached hydrogens (tertiary/aromatic N) is 1. The van der Waals surface area contributed by atoms with E-state index in [1.54, 1.807) is 4.90 Å². The van der Waals surface area contributed by atoms with E-state index in [1.807, 2.05) is 34.6 Å². The minimum absolute atomic E-state index is 0.00935. The summed E-state index contributed by atoms with van der Waals surface area (Å²) in [5, 5.41) is 0. The number of carbonyl (C=O) groups is 2. The summed E-state index contributed by atoms with van der Waals surface area (Å²) in [4.78, 5) is 25.9. The second kappa shape index (κ2) is 6.21. The first-order valence-electron chi connectivity index (χ1n) is 6.93. The van der Waals surface area contributed by atoms with Gasteiger partial charge in [0.05, 0.1) is 6.10 Å². The van der Waals surface area contributed by atoms with Crippen molar-refractivity contribution in [1.29, 1.82) is 0 Å². The monoisotopic (exact) mass is 255 g/mol. The summed E-state index contributed by atoms with van der Waals surface area (Å²) < 4.78 is 5.31. The fraction of sp³-hybridized carbons (Fsp3) is 0.857. The van der Waals surface area contributed by atoms with E-state index in [4.69, 9.17) is 4.74 Å². The Hall–Kier alpha value is -1.06. The van der Waals surface area contributed by atoms with Gasteiger partial charge in [-0.15, -0.1) is 0 Å². The van der Waals surface area contributed by atoms with Gasteiger partial charge in [-0.05, 0) is 26.7 Å². The zero-order valence-corrected chi connectivity index (χ0v) is 12.1. The van der Waals surface area contributed by atoms with Crippen LogP contribution < -0.4 is 0 Å². The van der Waals surface area contributed by atoms with E-state index in [2.05, 4.69) is 0 Å². The van der Waals surface area contributed by atoms with E-state index in [9.17, 15) is 9.59 Å². The molecule has 0 spiro atoms. The van der Waals surface area contributed by atoms with Crippen LogP contribution in [-0.4, -0.2) is 35.0 Å². The van der Waals surface area contributed by atoms with E-state index >= 15 is 0 Å². The number of hydrogen-bond donors (Lipinski definition) is 0. The quantitative estimate of drug-likeness (QED) is 0.778. The molecular weight excluding hydrogens is 230 g/mol. The molecule has 0 bridgehead atoms. The molecule has 104 valence electrons. The molecule has 3 atom stereocenters. The summed E-state index contributed by atoms with van der Waals surface area (Å²) in [6.45, 7) is 9.63. The van der Waals surface area contributed by atoms with Gasteiger partial charge in [0, 0.05) is 24.4 Å². The first-order chi connectivity index (χ1) is 8.42. The Bertz CT molecular complexity index is 314. The number of ether oxygens (including phenoxy) is 1. The first kappa shape index (κ1) is 15.0. The second-order valence-electron chi connectivity index (χ2n) is 5.34. The predicted molar refractivity (Wildman–Crippen MR) is 70.4 cm³/mol. The molecule has 18 heavy (non-hydrogen) atoms. The van der Waals surface area contributed by atoms with Gasteiger partial charge in [-0.2, -0.15) is 0 Å². The zero-order chi connectivity index (χ0) is 13.9. The van der Waals surface area contributed by atoms with Crippen molar-refractivity contribution in [3.05, 3.63) is 0 Å². The van der Waals surface area contributed by atoms with Gasteiger partial charge >= 0.3 is 6.09 Å². The Morgan fingerprint density at radius 2 is 2.00 bits per heavy atom. The fourth-order valence-corrected chi connectivity index (χ4v) is 2.68. The Morgan fingerprint density at radius 1 is 1.39 bits per heavy atom. The number of rotatable bonds is 3. The molecule has 0 N–H and O–H groups in total. The molecule has 0 aromatic carbocycles. The molecule has 1 amide bonds. The van der Waals surface area contributed by atoms with Gasteiger partial charge in [0.2, 0.25) is 0 Å². The molecule has 1 heterocycles. The number of ketones is 1. The molecule has 1 fully saturated rings. The van der Waals surface area contributed by atoms with Crippen molar-refractivity contribution in [3.63, 3.8) is 0 Å². The van der Waals surface area contributed by atoms with Gasteiger partial charge in [-0.1, -0.05) is 20.8 Å². The van der Waals surface area contributed by atoms with Gasteiger partial charge in [0.1, 0.15) is 5.78 Å². The predicted octanol–water partition coefficient (Wildman–Crippen LogP) is 3.00. The van der Waals surface area contributed by atoms with Crippen LogP contribution in [0, 0.1) is 5.92 Å². The lowest BCUT2D eigenvalue weighted by Gasteiger charge is -2.43. The highest BCUT2D eigenvalue weighted by Gasteiger charge is 2.41. The Balaban J connectivity index is 2.93. The topological polar surface area (TPSA) is 46.6 Å². The maximum Gasteiger partial charge on any atom is 0.410 e. The standard InChI is InChI=1S/C14H25NO3/c1-6-11-8-13(16)10(5)12(7-2)15(11)14(17)18-9(3)4/h9-12H,6-8H2,1-5H3/t10-,11+,12-/m0/s1. The van der Waals surface area contributed by atoms with Crippen molar-refractivity contribution < 1.29 is 14.3 Å². The molecule has 1 rings (SSSR count). The highest BCUT2D eigenvalue weighted by Crippen LogP contribution is 2.29. The SMILES string of the molecule is CC[C@@H]1CC(=O)[C@@H](C)[C@H](CC)N1C(=O)OC(C)C. The molecular formula is C14H25NO3. The Morgan fingerprint density at radius 3 is 2.44 bits per heavy atom. The molecule has 1 saturated heterocycles. The minimum Gasteiger partial charge on any atom is -0.447 e. The van der Waals surface area contributed by atoms with Crippen molar-refractivity contribution in [2.45, 2.75) is 72.1 Å². The van der Waals surface area contributed by atoms with Crippen LogP contribution in [0.4, 0.5) is 4.79 Å². The van der Waals surface area contributed by atoms with E-state index < -0.39 is 0 Å². The van der Waals surface area contributed by atoms with Crippen molar-refractivity contribution >= 4 is 11.9 Å². The summed E-state index contributed by atoms with van der Waals surface area (Å²) in [6, 6.07) is -0.0349. The van der Waals surface area contributed by atoms with E-state index in [1.165, 1.54) is 0 Å². The van der Waals surface area contributed by atoms with Crippen LogP contribution >= 0.6 is 0 Å². The van der Waals surface area contributed by atoms with Crippen LogP contribution in [0.1, 0.15) is 53.9 Å². The van der Waals surface area contributed by atoms with Crippen molar-refractivity contribution in [1.82, 2.24) is 4.90 Å². The highest BCUT2D eigenvalue weighted by molar-refractivity contribution is 5.85. The van der Waals surface area contributed by atoms with E-state index in [0.717, 1.165) is 12.8 Å². The van der Waals surface area contributed by atoms with Crippen LogP contribution in [0.25, 0.3) is 0 Å². The van der Waals surface area contributed by atoms with Gasteiger partial charge in [0.25, 0.3) is 0 Å². The molecule has 1 aliphatic rings. The van der Waals surface area contributed by atoms with Crippen molar-refractivity contribution in [2.24, 2.45) is 5.92 Å². The molecule has 0 radical (unpaired) electrons. The summed E-state index contributed by atoms with van der Waals surface area (Å²) in [6.07, 6.45) is 1.64. The van der Waals surface area contributed by atoms with Crippen molar-refractivity contribution in [2.75, 3.05) is 0 Å².